The van der Waals surface area contributed by atoms with E-state index < -0.39 is 0 Å². The van der Waals surface area contributed by atoms with E-state index in [9.17, 15) is 5.11 Å². The quantitative estimate of drug-likeness (QED) is 0.188. The van der Waals surface area contributed by atoms with Gasteiger partial charge in [-0.1, -0.05) is 91.7 Å². The van der Waals surface area contributed by atoms with Gasteiger partial charge in [-0.2, -0.15) is 0 Å². The van der Waals surface area contributed by atoms with Crippen LogP contribution in [0.4, 0.5) is 0 Å². The maximum atomic E-state index is 11.2. The second kappa shape index (κ2) is 10.6. The Labute approximate surface area is 243 Å². The molecule has 6 aromatic rings. The fourth-order valence-electron chi connectivity index (χ4n) is 5.26. The summed E-state index contributed by atoms with van der Waals surface area (Å²) in [5.74, 6) is 0.945. The number of fused-ring (bicyclic) bond motifs is 1. The summed E-state index contributed by atoms with van der Waals surface area (Å²) in [6.07, 6.45) is 1.79. The number of hydrogen-bond acceptors (Lipinski definition) is 3. The summed E-state index contributed by atoms with van der Waals surface area (Å²) in [5, 5.41) is 11.2. The molecule has 1 N–H and O–H groups in total. The molecule has 196 valence electrons. The summed E-state index contributed by atoms with van der Waals surface area (Å²) in [5.41, 5.74) is 8.20. The van der Waals surface area contributed by atoms with Crippen molar-refractivity contribution in [3.8, 4) is 39.5 Å². The first-order valence-electron chi connectivity index (χ1n) is 12.7. The third kappa shape index (κ3) is 4.70. The van der Waals surface area contributed by atoms with Crippen LogP contribution in [0.15, 0.2) is 109 Å². The number of imidazole rings is 1. The Morgan fingerprint density at radius 2 is 1.49 bits per heavy atom. The largest absolute Gasteiger partial charge is 0.507 e. The summed E-state index contributed by atoms with van der Waals surface area (Å²) in [4.78, 5) is 9.65. The van der Waals surface area contributed by atoms with Crippen molar-refractivity contribution in [1.82, 2.24) is 14.5 Å². The molecule has 0 bridgehead atoms. The molecule has 0 fully saturated rings. The maximum Gasteiger partial charge on any atom is 0.144 e. The Bertz CT molecular complexity index is 1760. The molecule has 4 nitrogen and oxygen atoms in total. The van der Waals surface area contributed by atoms with Crippen LogP contribution in [0.3, 0.4) is 0 Å². The van der Waals surface area contributed by atoms with Crippen molar-refractivity contribution in [2.75, 3.05) is 0 Å². The number of para-hydroxylation sites is 1. The summed E-state index contributed by atoms with van der Waals surface area (Å²) < 4.78 is 2.07. The number of aryl methyl sites for hydroxylation is 1. The van der Waals surface area contributed by atoms with Crippen LogP contribution in [-0.4, -0.2) is 19.6 Å². The molecule has 6 rings (SSSR count). The molecule has 0 saturated carbocycles. The predicted molar refractivity (Wildman–Crippen MR) is 154 cm³/mol. The van der Waals surface area contributed by atoms with Crippen molar-refractivity contribution in [2.24, 2.45) is 7.05 Å². The van der Waals surface area contributed by atoms with Gasteiger partial charge < -0.3 is 9.67 Å². The van der Waals surface area contributed by atoms with Crippen molar-refractivity contribution in [3.63, 3.8) is 0 Å². The minimum atomic E-state index is -0.346. The van der Waals surface area contributed by atoms with E-state index in [-0.39, 0.29) is 32.2 Å². The Kier molecular flexibility index (Phi) is 7.25. The molecular weight excluding hydrogens is 661 g/mol. The van der Waals surface area contributed by atoms with Crippen LogP contribution in [0.1, 0.15) is 25.0 Å². The summed E-state index contributed by atoms with van der Waals surface area (Å²) >= 11 is 0. The van der Waals surface area contributed by atoms with E-state index in [1.165, 1.54) is 5.56 Å². The molecule has 0 atom stereocenters. The van der Waals surface area contributed by atoms with Gasteiger partial charge in [0.2, 0.25) is 0 Å². The molecule has 0 radical (unpaired) electrons. The van der Waals surface area contributed by atoms with E-state index in [1.807, 2.05) is 55.6 Å². The number of benzene rings is 4. The zero-order valence-corrected chi connectivity index (χ0v) is 24.3. The number of phenolic OH excluding ortho intramolecular Hbond substituents is 1. The van der Waals surface area contributed by atoms with Crippen LogP contribution in [0, 0.1) is 6.07 Å². The van der Waals surface area contributed by atoms with Gasteiger partial charge in [0, 0.05) is 45.4 Å². The predicted octanol–water partition coefficient (Wildman–Crippen LogP) is 7.80. The van der Waals surface area contributed by atoms with E-state index in [0.717, 1.165) is 50.4 Å². The van der Waals surface area contributed by atoms with Gasteiger partial charge in [0.05, 0.1) is 16.6 Å². The molecule has 0 aliphatic rings. The van der Waals surface area contributed by atoms with Crippen LogP contribution in [0.5, 0.6) is 5.75 Å². The molecule has 2 heterocycles. The minimum absolute atomic E-state index is 0. The second-order valence-electron chi connectivity index (χ2n) is 10.1. The zero-order valence-electron chi connectivity index (χ0n) is 22.0. The Balaban J connectivity index is 0.00000308. The van der Waals surface area contributed by atoms with Gasteiger partial charge in [-0.3, -0.25) is 4.98 Å². The van der Waals surface area contributed by atoms with E-state index in [4.69, 9.17) is 4.98 Å². The smallest absolute Gasteiger partial charge is 0.144 e. The number of hydrogen-bond donors (Lipinski definition) is 1. The molecule has 0 amide bonds. The van der Waals surface area contributed by atoms with E-state index >= 15 is 0 Å². The van der Waals surface area contributed by atoms with Gasteiger partial charge in [-0.15, -0.1) is 29.8 Å². The molecule has 4 aromatic carbocycles. The Morgan fingerprint density at radius 3 is 2.26 bits per heavy atom. The summed E-state index contributed by atoms with van der Waals surface area (Å²) in [6, 6.07) is 37.9. The summed E-state index contributed by atoms with van der Waals surface area (Å²) in [6.45, 7) is 4.37. The first-order chi connectivity index (χ1) is 18.4. The SMILES string of the molecule is Cn1c(-c2c(O)cccc2C(C)(C)c2ccccc2)nc2c(-c3[c-]c(-c4ccccn4)ccc3)cccc21.[Pt]. The average molecular weight is 690 g/mol. The van der Waals surface area contributed by atoms with Crippen LogP contribution < -0.4 is 0 Å². The summed E-state index contributed by atoms with van der Waals surface area (Å²) in [7, 11) is 2.01. The molecule has 0 spiro atoms. The molecule has 0 aliphatic carbocycles. The number of aromatic nitrogens is 3. The van der Waals surface area contributed by atoms with E-state index in [2.05, 4.69) is 78.0 Å². The molecular formula is C34H28N3OPt-. The van der Waals surface area contributed by atoms with Crippen LogP contribution >= 0.6 is 0 Å². The van der Waals surface area contributed by atoms with E-state index in [0.29, 0.717) is 0 Å². The van der Waals surface area contributed by atoms with Crippen LogP contribution in [0.2, 0.25) is 0 Å². The van der Waals surface area contributed by atoms with Gasteiger partial charge in [0.25, 0.3) is 0 Å². The minimum Gasteiger partial charge on any atom is -0.507 e. The zero-order chi connectivity index (χ0) is 26.3. The maximum absolute atomic E-state index is 11.2. The van der Waals surface area contributed by atoms with Crippen LogP contribution in [-0.2, 0) is 33.5 Å². The fraction of sp³-hybridized carbons (Fsp3) is 0.118. The fourth-order valence-corrected chi connectivity index (χ4v) is 5.26. The standard InChI is InChI=1S/C34H28N3O.Pt/c1-34(2,25-14-5-4-6-15-25)27-17-11-20-30(38)31(27)33-36-32-26(16-10-19-29(32)37(33)3)23-12-9-13-24(22-23)28-18-7-8-21-35-28;/h4-21,38H,1-3H3;/q-1;. The third-order valence-corrected chi connectivity index (χ3v) is 7.37. The van der Waals surface area contributed by atoms with Gasteiger partial charge in [0.15, 0.2) is 0 Å². The molecule has 5 heteroatoms. The number of aromatic hydroxyl groups is 1. The first kappa shape index (κ1) is 26.6. The normalized spacial score (nSPS) is 11.4. The van der Waals surface area contributed by atoms with Crippen molar-refractivity contribution < 1.29 is 26.2 Å². The topological polar surface area (TPSA) is 50.9 Å². The van der Waals surface area contributed by atoms with Gasteiger partial charge in [-0.05, 0) is 29.3 Å². The molecule has 0 unspecified atom stereocenters. The Morgan fingerprint density at radius 1 is 0.769 bits per heavy atom. The molecule has 2 aromatic heterocycles. The second-order valence-corrected chi connectivity index (χ2v) is 10.1. The average Bonchev–Trinajstić information content (AvgIpc) is 3.30. The van der Waals surface area contributed by atoms with Crippen molar-refractivity contribution in [1.29, 1.82) is 0 Å². The van der Waals surface area contributed by atoms with Gasteiger partial charge in [0.1, 0.15) is 11.6 Å². The first-order valence-corrected chi connectivity index (χ1v) is 12.7. The van der Waals surface area contributed by atoms with Crippen molar-refractivity contribution in [3.05, 3.63) is 127 Å². The number of phenols is 1. The van der Waals surface area contributed by atoms with Crippen molar-refractivity contribution in [2.45, 2.75) is 19.3 Å². The van der Waals surface area contributed by atoms with Crippen molar-refractivity contribution >= 4 is 11.0 Å². The van der Waals surface area contributed by atoms with Gasteiger partial charge >= 0.3 is 0 Å². The number of rotatable bonds is 5. The molecule has 0 aliphatic heterocycles. The van der Waals surface area contributed by atoms with Gasteiger partial charge in [-0.25, -0.2) is 4.98 Å². The third-order valence-electron chi connectivity index (χ3n) is 7.37. The number of nitrogens with zero attached hydrogens (tertiary/aromatic N) is 3. The monoisotopic (exact) mass is 689 g/mol. The Hall–Kier alpha value is -4.01. The number of pyridine rings is 1. The van der Waals surface area contributed by atoms with Crippen LogP contribution in [0.25, 0.3) is 44.8 Å². The molecule has 0 saturated heterocycles. The molecule has 39 heavy (non-hydrogen) atoms. The van der Waals surface area contributed by atoms with E-state index in [1.54, 1.807) is 12.3 Å².